The number of aryl methyl sites for hydroxylation is 1. The minimum atomic E-state index is -0.469. The van der Waals surface area contributed by atoms with E-state index in [1.807, 2.05) is 19.1 Å². The molecule has 0 unspecified atom stereocenters. The van der Waals surface area contributed by atoms with E-state index >= 15 is 0 Å². The number of hydrogen-bond acceptors (Lipinski definition) is 3. The third-order valence-electron chi connectivity index (χ3n) is 1.85. The van der Waals surface area contributed by atoms with E-state index in [0.717, 1.165) is 11.3 Å². The van der Waals surface area contributed by atoms with Crippen molar-refractivity contribution in [3.8, 4) is 0 Å². The van der Waals surface area contributed by atoms with E-state index in [4.69, 9.17) is 5.73 Å². The molecule has 0 radical (unpaired) electrons. The molecule has 12 heavy (non-hydrogen) atoms. The molecule has 0 aliphatic heterocycles. The average Bonchev–Trinajstić information content (AvgIpc) is 2.05. The highest BCUT2D eigenvalue weighted by molar-refractivity contribution is 5.20. The Morgan fingerprint density at radius 2 is 2.42 bits per heavy atom. The third kappa shape index (κ3) is 2.03. The fraction of sp³-hybridized carbons (Fsp3) is 0.444. The van der Waals surface area contributed by atoms with Gasteiger partial charge in [-0.25, -0.2) is 0 Å². The molecule has 0 saturated heterocycles. The number of aromatic nitrogens is 1. The van der Waals surface area contributed by atoms with E-state index in [1.54, 1.807) is 6.20 Å². The molecule has 66 valence electrons. The normalized spacial score (nSPS) is 12.9. The minimum Gasteiger partial charge on any atom is -0.388 e. The van der Waals surface area contributed by atoms with Crippen molar-refractivity contribution in [1.82, 2.24) is 4.98 Å². The highest BCUT2D eigenvalue weighted by Crippen LogP contribution is 2.17. The summed E-state index contributed by atoms with van der Waals surface area (Å²) in [6, 6.07) is 3.70. The van der Waals surface area contributed by atoms with Crippen molar-refractivity contribution in [3.63, 3.8) is 0 Å². The lowest BCUT2D eigenvalue weighted by atomic mass is 10.1. The summed E-state index contributed by atoms with van der Waals surface area (Å²) in [5, 5.41) is 9.58. The largest absolute Gasteiger partial charge is 0.388 e. The van der Waals surface area contributed by atoms with Crippen LogP contribution in [0.4, 0.5) is 0 Å². The Bertz CT molecular complexity index is 250. The number of aliphatic hydroxyl groups is 1. The molecule has 0 fully saturated rings. The van der Waals surface area contributed by atoms with Gasteiger partial charge in [0.05, 0.1) is 6.10 Å². The Morgan fingerprint density at radius 3 is 3.00 bits per heavy atom. The van der Waals surface area contributed by atoms with Crippen LogP contribution >= 0.6 is 0 Å². The van der Waals surface area contributed by atoms with Crippen LogP contribution in [-0.2, 0) is 0 Å². The van der Waals surface area contributed by atoms with Crippen molar-refractivity contribution >= 4 is 0 Å². The lowest BCUT2D eigenvalue weighted by molar-refractivity contribution is 0.169. The molecule has 1 aromatic heterocycles. The van der Waals surface area contributed by atoms with Crippen molar-refractivity contribution < 1.29 is 5.11 Å². The average molecular weight is 166 g/mol. The molecule has 1 aromatic rings. The first kappa shape index (κ1) is 9.16. The lowest BCUT2D eigenvalue weighted by Crippen LogP contribution is -2.08. The van der Waals surface area contributed by atoms with Crippen molar-refractivity contribution in [2.75, 3.05) is 6.54 Å². The first-order chi connectivity index (χ1) is 5.75. The summed E-state index contributed by atoms with van der Waals surface area (Å²) in [6.07, 6.45) is 1.84. The second-order valence-corrected chi connectivity index (χ2v) is 2.77. The maximum atomic E-state index is 9.58. The quantitative estimate of drug-likeness (QED) is 0.697. The molecule has 3 heteroatoms. The van der Waals surface area contributed by atoms with Gasteiger partial charge in [0.2, 0.25) is 0 Å². The summed E-state index contributed by atoms with van der Waals surface area (Å²) in [4.78, 5) is 4.08. The van der Waals surface area contributed by atoms with Gasteiger partial charge in [-0.15, -0.1) is 0 Å². The predicted octanol–water partition coefficient (Wildman–Crippen LogP) is 0.772. The van der Waals surface area contributed by atoms with Gasteiger partial charge in [-0.3, -0.25) is 4.98 Å². The van der Waals surface area contributed by atoms with Gasteiger partial charge < -0.3 is 10.8 Å². The number of nitrogens with zero attached hydrogens (tertiary/aromatic N) is 1. The zero-order chi connectivity index (χ0) is 8.97. The van der Waals surface area contributed by atoms with Crippen LogP contribution in [0.2, 0.25) is 0 Å². The first-order valence-electron chi connectivity index (χ1n) is 4.05. The summed E-state index contributed by atoms with van der Waals surface area (Å²) in [5.74, 6) is 0. The smallest absolute Gasteiger partial charge is 0.0819 e. The van der Waals surface area contributed by atoms with Gasteiger partial charge in [0.1, 0.15) is 0 Å². The van der Waals surface area contributed by atoms with Crippen LogP contribution in [0.5, 0.6) is 0 Å². The van der Waals surface area contributed by atoms with Crippen LogP contribution in [0.15, 0.2) is 18.3 Å². The molecule has 1 rings (SSSR count). The van der Waals surface area contributed by atoms with E-state index in [1.165, 1.54) is 0 Å². The predicted molar refractivity (Wildman–Crippen MR) is 47.6 cm³/mol. The standard InChI is InChI=1S/C9H14N2O/c1-7-8(3-2-6-11-7)9(12)4-5-10/h2-3,6,9,12H,4-5,10H2,1H3/t9-/m0/s1. The highest BCUT2D eigenvalue weighted by Gasteiger charge is 2.08. The molecule has 0 spiro atoms. The second-order valence-electron chi connectivity index (χ2n) is 2.77. The number of nitrogens with two attached hydrogens (primary N) is 1. The number of rotatable bonds is 3. The van der Waals surface area contributed by atoms with Crippen molar-refractivity contribution in [3.05, 3.63) is 29.6 Å². The molecular formula is C9H14N2O. The molecule has 0 aliphatic carbocycles. The minimum absolute atomic E-state index is 0.469. The number of pyridine rings is 1. The van der Waals surface area contributed by atoms with Crippen LogP contribution in [0.3, 0.4) is 0 Å². The second kappa shape index (κ2) is 4.18. The van der Waals surface area contributed by atoms with Gasteiger partial charge in [0, 0.05) is 17.5 Å². The van der Waals surface area contributed by atoms with E-state index in [9.17, 15) is 5.11 Å². The van der Waals surface area contributed by atoms with Crippen LogP contribution in [0.1, 0.15) is 23.8 Å². The maximum Gasteiger partial charge on any atom is 0.0819 e. The van der Waals surface area contributed by atoms with Gasteiger partial charge in [0.25, 0.3) is 0 Å². The van der Waals surface area contributed by atoms with Gasteiger partial charge in [-0.1, -0.05) is 6.07 Å². The SMILES string of the molecule is Cc1ncccc1[C@@H](O)CCN. The molecule has 3 N–H and O–H groups in total. The van der Waals surface area contributed by atoms with Gasteiger partial charge in [-0.05, 0) is 26.0 Å². The zero-order valence-electron chi connectivity index (χ0n) is 7.20. The fourth-order valence-electron chi connectivity index (χ4n) is 1.16. The van der Waals surface area contributed by atoms with Crippen molar-refractivity contribution in [2.24, 2.45) is 5.73 Å². The summed E-state index contributed by atoms with van der Waals surface area (Å²) in [5.41, 5.74) is 7.09. The topological polar surface area (TPSA) is 59.1 Å². The number of aliphatic hydroxyl groups excluding tert-OH is 1. The summed E-state index contributed by atoms with van der Waals surface area (Å²) in [7, 11) is 0. The molecule has 0 aromatic carbocycles. The molecule has 1 atom stereocenters. The Kier molecular flexibility index (Phi) is 3.19. The Morgan fingerprint density at radius 1 is 1.67 bits per heavy atom. The zero-order valence-corrected chi connectivity index (χ0v) is 7.20. The third-order valence-corrected chi connectivity index (χ3v) is 1.85. The molecule has 1 heterocycles. The Labute approximate surface area is 72.2 Å². The van der Waals surface area contributed by atoms with Crippen LogP contribution < -0.4 is 5.73 Å². The van der Waals surface area contributed by atoms with E-state index in [2.05, 4.69) is 4.98 Å². The van der Waals surface area contributed by atoms with Crippen LogP contribution in [0.25, 0.3) is 0 Å². The van der Waals surface area contributed by atoms with Gasteiger partial charge in [0.15, 0.2) is 0 Å². The molecule has 0 bridgehead atoms. The summed E-state index contributed by atoms with van der Waals surface area (Å²) in [6.45, 7) is 2.38. The van der Waals surface area contributed by atoms with Gasteiger partial charge >= 0.3 is 0 Å². The molecule has 0 aliphatic rings. The van der Waals surface area contributed by atoms with Crippen LogP contribution in [-0.4, -0.2) is 16.6 Å². The highest BCUT2D eigenvalue weighted by atomic mass is 16.3. The number of hydrogen-bond donors (Lipinski definition) is 2. The Balaban J connectivity index is 2.79. The Hall–Kier alpha value is -0.930. The fourth-order valence-corrected chi connectivity index (χ4v) is 1.16. The lowest BCUT2D eigenvalue weighted by Gasteiger charge is -2.10. The monoisotopic (exact) mass is 166 g/mol. The maximum absolute atomic E-state index is 9.58. The van der Waals surface area contributed by atoms with Crippen molar-refractivity contribution in [2.45, 2.75) is 19.4 Å². The van der Waals surface area contributed by atoms with Crippen LogP contribution in [0, 0.1) is 6.92 Å². The van der Waals surface area contributed by atoms with Gasteiger partial charge in [-0.2, -0.15) is 0 Å². The van der Waals surface area contributed by atoms with E-state index < -0.39 is 6.10 Å². The summed E-state index contributed by atoms with van der Waals surface area (Å²) < 4.78 is 0. The molecule has 0 amide bonds. The molecule has 0 saturated carbocycles. The van der Waals surface area contributed by atoms with E-state index in [0.29, 0.717) is 13.0 Å². The molecule has 3 nitrogen and oxygen atoms in total. The van der Waals surface area contributed by atoms with Crippen molar-refractivity contribution in [1.29, 1.82) is 0 Å². The summed E-state index contributed by atoms with van der Waals surface area (Å²) >= 11 is 0. The van der Waals surface area contributed by atoms with E-state index in [-0.39, 0.29) is 0 Å². The first-order valence-corrected chi connectivity index (χ1v) is 4.05. The molecular weight excluding hydrogens is 152 g/mol.